The summed E-state index contributed by atoms with van der Waals surface area (Å²) in [6.45, 7) is 3.06. The van der Waals surface area contributed by atoms with Gasteiger partial charge in [-0.1, -0.05) is 26.0 Å². The van der Waals surface area contributed by atoms with Crippen LogP contribution in [0.25, 0.3) is 0 Å². The van der Waals surface area contributed by atoms with Crippen molar-refractivity contribution >= 4 is 6.03 Å². The summed E-state index contributed by atoms with van der Waals surface area (Å²) in [5.74, 6) is 0.840. The summed E-state index contributed by atoms with van der Waals surface area (Å²) < 4.78 is 35.2. The normalized spacial score (nSPS) is 23.9. The van der Waals surface area contributed by atoms with Gasteiger partial charge in [0.05, 0.1) is 17.7 Å². The lowest BCUT2D eigenvalue weighted by atomic mass is 9.84. The zero-order valence-electron chi connectivity index (χ0n) is 18.3. The molecule has 2 aromatic rings. The van der Waals surface area contributed by atoms with E-state index in [2.05, 4.69) is 9.72 Å². The number of piperidine rings is 1. The number of oxazole rings is 1. The van der Waals surface area contributed by atoms with Crippen LogP contribution < -0.4 is 4.74 Å². The van der Waals surface area contributed by atoms with Crippen molar-refractivity contribution in [3.63, 3.8) is 0 Å². The molecule has 3 unspecified atom stereocenters. The SMILES string of the molecule is CC(C)c1coc(C2CC(c3ccc(OC(F)F)cc3)CN(C(=O)N3CCC(O)C3)C2)n1. The Kier molecular flexibility index (Phi) is 6.64. The Hall–Kier alpha value is -2.68. The van der Waals surface area contributed by atoms with Gasteiger partial charge in [-0.05, 0) is 36.5 Å². The summed E-state index contributed by atoms with van der Waals surface area (Å²) in [6.07, 6.45) is 2.48. The third kappa shape index (κ3) is 5.03. The van der Waals surface area contributed by atoms with Crippen LogP contribution in [0.4, 0.5) is 13.6 Å². The number of hydrogen-bond acceptors (Lipinski definition) is 5. The highest BCUT2D eigenvalue weighted by Crippen LogP contribution is 2.37. The number of rotatable bonds is 5. The van der Waals surface area contributed by atoms with Gasteiger partial charge < -0.3 is 24.1 Å². The molecule has 174 valence electrons. The quantitative estimate of drug-likeness (QED) is 0.742. The molecular formula is C23H29F2N3O4. The summed E-state index contributed by atoms with van der Waals surface area (Å²) in [5, 5.41) is 9.85. The maximum absolute atomic E-state index is 13.2. The van der Waals surface area contributed by atoms with E-state index in [0.29, 0.717) is 38.5 Å². The number of aliphatic hydroxyl groups excluding tert-OH is 1. The van der Waals surface area contributed by atoms with Crippen LogP contribution in [-0.4, -0.2) is 64.8 Å². The van der Waals surface area contributed by atoms with E-state index in [9.17, 15) is 18.7 Å². The standard InChI is InChI=1S/C23H29F2N3O4/c1-14(2)20-13-31-21(26-20)17-9-16(15-3-5-19(6-4-15)32-22(24)25)10-28(11-17)23(30)27-8-7-18(29)12-27/h3-6,13-14,16-18,22,29H,7-12H2,1-2H3. The molecule has 2 aliphatic rings. The molecule has 1 aromatic heterocycles. The molecule has 9 heteroatoms. The van der Waals surface area contributed by atoms with Crippen LogP contribution in [0.1, 0.15) is 61.6 Å². The second-order valence-electron chi connectivity index (χ2n) is 8.92. The number of urea groups is 1. The molecule has 0 saturated carbocycles. The van der Waals surface area contributed by atoms with E-state index >= 15 is 0 Å². The van der Waals surface area contributed by atoms with Crippen LogP contribution in [-0.2, 0) is 0 Å². The summed E-state index contributed by atoms with van der Waals surface area (Å²) >= 11 is 0. The maximum Gasteiger partial charge on any atom is 0.387 e. The molecule has 1 aromatic carbocycles. The van der Waals surface area contributed by atoms with Crippen molar-refractivity contribution in [2.45, 2.75) is 57.2 Å². The van der Waals surface area contributed by atoms with Gasteiger partial charge in [-0.25, -0.2) is 9.78 Å². The molecule has 3 atom stereocenters. The molecule has 2 saturated heterocycles. The highest BCUT2D eigenvalue weighted by molar-refractivity contribution is 5.75. The van der Waals surface area contributed by atoms with Crippen molar-refractivity contribution < 1.29 is 27.8 Å². The molecule has 32 heavy (non-hydrogen) atoms. The lowest BCUT2D eigenvalue weighted by Crippen LogP contribution is -2.48. The van der Waals surface area contributed by atoms with E-state index in [1.165, 1.54) is 12.1 Å². The Morgan fingerprint density at radius 1 is 1.16 bits per heavy atom. The molecular weight excluding hydrogens is 420 g/mol. The van der Waals surface area contributed by atoms with Gasteiger partial charge in [0.2, 0.25) is 0 Å². The number of likely N-dealkylation sites (tertiary alicyclic amines) is 2. The average Bonchev–Trinajstić information content (AvgIpc) is 3.43. The molecule has 4 rings (SSSR count). The Balaban J connectivity index is 1.56. The fourth-order valence-electron chi connectivity index (χ4n) is 4.47. The fourth-order valence-corrected chi connectivity index (χ4v) is 4.47. The molecule has 3 heterocycles. The third-order valence-electron chi connectivity index (χ3n) is 6.21. The van der Waals surface area contributed by atoms with E-state index in [4.69, 9.17) is 4.42 Å². The number of amides is 2. The molecule has 0 bridgehead atoms. The Labute approximate surface area is 186 Å². The van der Waals surface area contributed by atoms with Gasteiger partial charge >= 0.3 is 12.6 Å². The number of aliphatic hydroxyl groups is 1. The number of β-amino-alcohol motifs (C(OH)–C–C–N with tert-alkyl or cyclic N) is 1. The van der Waals surface area contributed by atoms with Gasteiger partial charge in [-0.2, -0.15) is 8.78 Å². The molecule has 2 amide bonds. The zero-order chi connectivity index (χ0) is 22.8. The second kappa shape index (κ2) is 9.44. The Morgan fingerprint density at radius 3 is 2.47 bits per heavy atom. The van der Waals surface area contributed by atoms with Crippen LogP contribution in [0.2, 0.25) is 0 Å². The van der Waals surface area contributed by atoms with Crippen LogP contribution >= 0.6 is 0 Å². The zero-order valence-corrected chi connectivity index (χ0v) is 18.3. The first kappa shape index (κ1) is 22.5. The van der Waals surface area contributed by atoms with Crippen LogP contribution in [0, 0.1) is 0 Å². The predicted molar refractivity (Wildman–Crippen MR) is 113 cm³/mol. The summed E-state index contributed by atoms with van der Waals surface area (Å²) in [6, 6.07) is 6.47. The first-order valence-corrected chi connectivity index (χ1v) is 11.0. The summed E-state index contributed by atoms with van der Waals surface area (Å²) in [7, 11) is 0. The fraction of sp³-hybridized carbons (Fsp3) is 0.565. The molecule has 0 spiro atoms. The Morgan fingerprint density at radius 2 is 1.88 bits per heavy atom. The van der Waals surface area contributed by atoms with Crippen molar-refractivity contribution in [1.82, 2.24) is 14.8 Å². The van der Waals surface area contributed by atoms with Crippen LogP contribution in [0.3, 0.4) is 0 Å². The number of hydrogen-bond donors (Lipinski definition) is 1. The summed E-state index contributed by atoms with van der Waals surface area (Å²) in [4.78, 5) is 21.3. The number of benzene rings is 1. The number of aromatic nitrogens is 1. The minimum atomic E-state index is -2.87. The topological polar surface area (TPSA) is 79.0 Å². The molecule has 0 radical (unpaired) electrons. The van der Waals surface area contributed by atoms with Crippen molar-refractivity contribution in [3.8, 4) is 5.75 Å². The van der Waals surface area contributed by atoms with Crippen molar-refractivity contribution in [2.75, 3.05) is 26.2 Å². The minimum absolute atomic E-state index is 0.0137. The lowest BCUT2D eigenvalue weighted by Gasteiger charge is -2.38. The van der Waals surface area contributed by atoms with Gasteiger partial charge in [0.1, 0.15) is 12.0 Å². The van der Waals surface area contributed by atoms with Crippen molar-refractivity contribution in [1.29, 1.82) is 0 Å². The van der Waals surface area contributed by atoms with Crippen molar-refractivity contribution in [3.05, 3.63) is 47.7 Å². The van der Waals surface area contributed by atoms with Crippen LogP contribution in [0.15, 0.2) is 34.9 Å². The molecule has 1 N–H and O–H groups in total. The molecule has 7 nitrogen and oxygen atoms in total. The smallest absolute Gasteiger partial charge is 0.387 e. The lowest BCUT2D eigenvalue weighted by molar-refractivity contribution is -0.0498. The first-order valence-electron chi connectivity index (χ1n) is 11.0. The summed E-state index contributed by atoms with van der Waals surface area (Å²) in [5.41, 5.74) is 1.81. The van der Waals surface area contributed by atoms with E-state index < -0.39 is 12.7 Å². The van der Waals surface area contributed by atoms with E-state index in [1.54, 1.807) is 28.2 Å². The van der Waals surface area contributed by atoms with Gasteiger partial charge in [0.15, 0.2) is 5.89 Å². The largest absolute Gasteiger partial charge is 0.448 e. The van der Waals surface area contributed by atoms with Gasteiger partial charge in [0.25, 0.3) is 0 Å². The number of ether oxygens (including phenoxy) is 1. The van der Waals surface area contributed by atoms with Crippen molar-refractivity contribution in [2.24, 2.45) is 0 Å². The van der Waals surface area contributed by atoms with E-state index in [0.717, 1.165) is 17.7 Å². The molecule has 0 aliphatic carbocycles. The average molecular weight is 449 g/mol. The van der Waals surface area contributed by atoms with E-state index in [1.807, 2.05) is 13.8 Å². The highest BCUT2D eigenvalue weighted by atomic mass is 19.3. The van der Waals surface area contributed by atoms with Gasteiger partial charge in [-0.15, -0.1) is 0 Å². The van der Waals surface area contributed by atoms with E-state index in [-0.39, 0.29) is 29.5 Å². The third-order valence-corrected chi connectivity index (χ3v) is 6.21. The second-order valence-corrected chi connectivity index (χ2v) is 8.92. The number of carbonyl (C=O) groups excluding carboxylic acids is 1. The highest BCUT2D eigenvalue weighted by Gasteiger charge is 2.37. The van der Waals surface area contributed by atoms with Crippen LogP contribution in [0.5, 0.6) is 5.75 Å². The maximum atomic E-state index is 13.2. The minimum Gasteiger partial charge on any atom is -0.448 e. The number of halogens is 2. The number of alkyl halides is 2. The van der Waals surface area contributed by atoms with Gasteiger partial charge in [0, 0.05) is 32.1 Å². The monoisotopic (exact) mass is 449 g/mol. The predicted octanol–water partition coefficient (Wildman–Crippen LogP) is 4.16. The number of carbonyl (C=O) groups is 1. The first-order chi connectivity index (χ1) is 15.3. The number of nitrogens with zero attached hydrogens (tertiary/aromatic N) is 3. The van der Waals surface area contributed by atoms with Gasteiger partial charge in [-0.3, -0.25) is 0 Å². The molecule has 2 fully saturated rings. The molecule has 2 aliphatic heterocycles. The Bertz CT molecular complexity index is 918.